The summed E-state index contributed by atoms with van der Waals surface area (Å²) in [5.74, 6) is 0.808. The first-order valence-electron chi connectivity index (χ1n) is 10.6. The molecule has 4 rings (SSSR count). The van der Waals surface area contributed by atoms with Crippen LogP contribution in [0, 0.1) is 5.41 Å². The Morgan fingerprint density at radius 3 is 2.66 bits per heavy atom. The maximum atomic E-state index is 11.4. The van der Waals surface area contributed by atoms with E-state index in [1.807, 2.05) is 0 Å². The van der Waals surface area contributed by atoms with Crippen molar-refractivity contribution in [3.63, 3.8) is 0 Å². The highest BCUT2D eigenvalue weighted by Gasteiger charge is 2.41. The summed E-state index contributed by atoms with van der Waals surface area (Å²) in [4.78, 5) is 24.9. The zero-order valence-electron chi connectivity index (χ0n) is 17.5. The zero-order chi connectivity index (χ0) is 20.4. The number of benzene rings is 1. The summed E-state index contributed by atoms with van der Waals surface area (Å²) < 4.78 is 0. The second-order valence-corrected chi connectivity index (χ2v) is 9.01. The second-order valence-electron chi connectivity index (χ2n) is 9.01. The number of likely N-dealkylation sites (tertiary alicyclic amines) is 1. The minimum Gasteiger partial charge on any atom is -0.364 e. The van der Waals surface area contributed by atoms with Crippen LogP contribution in [-0.4, -0.2) is 47.0 Å². The summed E-state index contributed by atoms with van der Waals surface area (Å²) in [5.41, 5.74) is 8.68. The Morgan fingerprint density at radius 1 is 1.14 bits per heavy atom. The predicted molar refractivity (Wildman–Crippen MR) is 115 cm³/mol. The molecule has 2 saturated heterocycles. The van der Waals surface area contributed by atoms with Crippen LogP contribution in [0.4, 0.5) is 5.82 Å². The molecule has 2 aliphatic heterocycles. The number of piperidine rings is 1. The van der Waals surface area contributed by atoms with E-state index in [9.17, 15) is 4.79 Å². The highest BCUT2D eigenvalue weighted by Crippen LogP contribution is 2.40. The van der Waals surface area contributed by atoms with E-state index in [0.717, 1.165) is 45.0 Å². The fraction of sp³-hybridized carbons (Fsp3) is 0.522. The molecule has 2 N–H and O–H groups in total. The molecule has 1 aromatic heterocycles. The van der Waals surface area contributed by atoms with Crippen molar-refractivity contribution < 1.29 is 4.79 Å². The molecule has 1 atom stereocenters. The molecule has 6 nitrogen and oxygen atoms in total. The van der Waals surface area contributed by atoms with Crippen LogP contribution in [0.2, 0.25) is 0 Å². The first-order chi connectivity index (χ1) is 13.9. The molecule has 2 aromatic rings. The summed E-state index contributed by atoms with van der Waals surface area (Å²) in [5, 5.41) is 0. The number of hydrogen-bond donors (Lipinski definition) is 1. The maximum absolute atomic E-state index is 11.4. The third kappa shape index (κ3) is 4.42. The number of primary amides is 1. The number of rotatable bonds is 5. The molecular weight excluding hydrogens is 362 g/mol. The average Bonchev–Trinajstić information content (AvgIpc) is 3.11. The molecular formula is C23H31N5O. The Kier molecular flexibility index (Phi) is 5.54. The summed E-state index contributed by atoms with van der Waals surface area (Å²) in [6, 6.07) is 9.09. The topological polar surface area (TPSA) is 75.3 Å². The lowest BCUT2D eigenvalue weighted by Gasteiger charge is -2.40. The number of amides is 1. The molecule has 1 spiro atoms. The molecule has 0 saturated carbocycles. The van der Waals surface area contributed by atoms with Gasteiger partial charge in [-0.25, -0.2) is 4.98 Å². The van der Waals surface area contributed by atoms with Crippen LogP contribution in [-0.2, 0) is 6.54 Å². The fourth-order valence-electron chi connectivity index (χ4n) is 4.80. The van der Waals surface area contributed by atoms with E-state index in [2.05, 4.69) is 57.9 Å². The van der Waals surface area contributed by atoms with Gasteiger partial charge in [0.25, 0.3) is 5.91 Å². The third-order valence-corrected chi connectivity index (χ3v) is 6.43. The molecule has 1 amide bonds. The molecule has 0 bridgehead atoms. The molecule has 2 aliphatic rings. The van der Waals surface area contributed by atoms with E-state index in [-0.39, 0.29) is 5.69 Å². The zero-order valence-corrected chi connectivity index (χ0v) is 17.5. The van der Waals surface area contributed by atoms with E-state index in [1.165, 1.54) is 30.2 Å². The number of carbonyl (C=O) groups is 1. The van der Waals surface area contributed by atoms with Gasteiger partial charge in [-0.05, 0) is 42.9 Å². The molecule has 29 heavy (non-hydrogen) atoms. The first kappa shape index (κ1) is 19.8. The van der Waals surface area contributed by atoms with Crippen molar-refractivity contribution >= 4 is 11.7 Å². The van der Waals surface area contributed by atoms with Crippen LogP contribution in [0.25, 0.3) is 0 Å². The van der Waals surface area contributed by atoms with Crippen molar-refractivity contribution in [2.75, 3.05) is 31.1 Å². The lowest BCUT2D eigenvalue weighted by molar-refractivity contribution is 0.0991. The maximum Gasteiger partial charge on any atom is 0.268 e. The molecule has 3 heterocycles. The van der Waals surface area contributed by atoms with Gasteiger partial charge in [0, 0.05) is 31.6 Å². The molecule has 154 valence electrons. The molecule has 1 aromatic carbocycles. The lowest BCUT2D eigenvalue weighted by Crippen LogP contribution is -2.44. The van der Waals surface area contributed by atoms with Gasteiger partial charge in [0.2, 0.25) is 0 Å². The van der Waals surface area contributed by atoms with Gasteiger partial charge in [0.05, 0.1) is 12.4 Å². The summed E-state index contributed by atoms with van der Waals surface area (Å²) >= 11 is 0. The van der Waals surface area contributed by atoms with Gasteiger partial charge in [0.1, 0.15) is 11.5 Å². The Hall–Kier alpha value is -2.47. The smallest absolute Gasteiger partial charge is 0.268 e. The lowest BCUT2D eigenvalue weighted by atomic mass is 9.79. The van der Waals surface area contributed by atoms with E-state index < -0.39 is 5.91 Å². The molecule has 2 fully saturated rings. The van der Waals surface area contributed by atoms with Crippen molar-refractivity contribution in [3.8, 4) is 0 Å². The number of nitrogens with zero attached hydrogens (tertiary/aromatic N) is 4. The Bertz CT molecular complexity index is 866. The van der Waals surface area contributed by atoms with Gasteiger partial charge in [-0.3, -0.25) is 14.7 Å². The van der Waals surface area contributed by atoms with E-state index in [0.29, 0.717) is 11.3 Å². The van der Waals surface area contributed by atoms with Gasteiger partial charge < -0.3 is 10.6 Å². The van der Waals surface area contributed by atoms with Gasteiger partial charge in [-0.15, -0.1) is 0 Å². The first-order valence-corrected chi connectivity index (χ1v) is 10.6. The number of anilines is 1. The second kappa shape index (κ2) is 8.11. The highest BCUT2D eigenvalue weighted by atomic mass is 16.1. The summed E-state index contributed by atoms with van der Waals surface area (Å²) in [6.07, 6.45) is 6.80. The summed E-state index contributed by atoms with van der Waals surface area (Å²) in [6.45, 7) is 9.66. The predicted octanol–water partition coefficient (Wildman–Crippen LogP) is 3.19. The quantitative estimate of drug-likeness (QED) is 0.844. The average molecular weight is 394 g/mol. The SMILES string of the molecule is CC(C)c1ccc(CN2CCC[C@@]3(CCN(c4cncc(C(N)=O)n4)C3)C2)cc1. The standard InChI is InChI=1S/C23H31N5O/c1-17(2)19-6-4-18(5-7-19)14-27-10-3-8-23(15-27)9-11-28(16-23)21-13-25-12-20(26-21)22(24)29/h4-7,12-13,17H,3,8-11,14-16H2,1-2H3,(H2,24,29)/t23-/m1/s1. The monoisotopic (exact) mass is 393 g/mol. The number of carbonyl (C=O) groups excluding carboxylic acids is 1. The van der Waals surface area contributed by atoms with E-state index >= 15 is 0 Å². The fourth-order valence-corrected chi connectivity index (χ4v) is 4.80. The van der Waals surface area contributed by atoms with Crippen LogP contribution in [0.5, 0.6) is 0 Å². The van der Waals surface area contributed by atoms with Gasteiger partial charge in [-0.2, -0.15) is 0 Å². The van der Waals surface area contributed by atoms with Crippen molar-refractivity contribution in [3.05, 3.63) is 53.5 Å². The normalized spacial score (nSPS) is 22.5. The minimum absolute atomic E-state index is 0.235. The van der Waals surface area contributed by atoms with E-state index in [4.69, 9.17) is 5.73 Å². The number of aromatic nitrogens is 2. The molecule has 0 radical (unpaired) electrons. The summed E-state index contributed by atoms with van der Waals surface area (Å²) in [7, 11) is 0. The molecule has 0 aliphatic carbocycles. The van der Waals surface area contributed by atoms with Crippen LogP contribution < -0.4 is 10.6 Å². The molecule has 6 heteroatoms. The van der Waals surface area contributed by atoms with E-state index in [1.54, 1.807) is 6.20 Å². The van der Waals surface area contributed by atoms with Crippen molar-refractivity contribution in [1.29, 1.82) is 0 Å². The van der Waals surface area contributed by atoms with Crippen LogP contribution >= 0.6 is 0 Å². The van der Waals surface area contributed by atoms with Crippen LogP contribution in [0.1, 0.15) is 60.6 Å². The number of hydrogen-bond acceptors (Lipinski definition) is 5. The third-order valence-electron chi connectivity index (χ3n) is 6.43. The highest BCUT2D eigenvalue weighted by molar-refractivity contribution is 5.90. The minimum atomic E-state index is -0.527. The van der Waals surface area contributed by atoms with Crippen LogP contribution in [0.15, 0.2) is 36.7 Å². The van der Waals surface area contributed by atoms with Crippen LogP contribution in [0.3, 0.4) is 0 Å². The van der Waals surface area contributed by atoms with Crippen molar-refractivity contribution in [1.82, 2.24) is 14.9 Å². The largest absolute Gasteiger partial charge is 0.364 e. The van der Waals surface area contributed by atoms with Crippen molar-refractivity contribution in [2.45, 2.75) is 45.6 Å². The Balaban J connectivity index is 1.41. The molecule has 0 unspecified atom stereocenters. The number of nitrogens with two attached hydrogens (primary N) is 1. The van der Waals surface area contributed by atoms with Gasteiger partial charge >= 0.3 is 0 Å². The van der Waals surface area contributed by atoms with Gasteiger partial charge in [0.15, 0.2) is 0 Å². The van der Waals surface area contributed by atoms with Gasteiger partial charge in [-0.1, -0.05) is 38.1 Å². The Morgan fingerprint density at radius 2 is 1.93 bits per heavy atom. The van der Waals surface area contributed by atoms with Crippen molar-refractivity contribution in [2.24, 2.45) is 11.1 Å². The Labute approximate surface area is 173 Å².